The normalized spacial score (nSPS) is 39.3. The van der Waals surface area contributed by atoms with Gasteiger partial charge < -0.3 is 10.4 Å². The van der Waals surface area contributed by atoms with Crippen molar-refractivity contribution in [1.29, 1.82) is 0 Å². The van der Waals surface area contributed by atoms with Crippen molar-refractivity contribution in [3.05, 3.63) is 36.5 Å². The molecule has 5 heteroatoms. The van der Waals surface area contributed by atoms with E-state index in [9.17, 15) is 9.90 Å². The maximum Gasteiger partial charge on any atom is 0.155 e. The van der Waals surface area contributed by atoms with Gasteiger partial charge in [-0.1, -0.05) is 18.9 Å². The van der Waals surface area contributed by atoms with Crippen LogP contribution in [0, 0.1) is 52.2 Å². The maximum absolute atomic E-state index is 13.5. The molecular weight excluding hydrogens is 468 g/mol. The summed E-state index contributed by atoms with van der Waals surface area (Å²) in [6.45, 7) is 2.82. The van der Waals surface area contributed by atoms with Crippen LogP contribution in [-0.4, -0.2) is 28.0 Å². The molecule has 190 valence electrons. The molecule has 0 aliphatic heterocycles. The zero-order valence-corrected chi connectivity index (χ0v) is 21.9. The van der Waals surface area contributed by atoms with Crippen LogP contribution in [0.3, 0.4) is 0 Å². The van der Waals surface area contributed by atoms with E-state index in [4.69, 9.17) is 11.6 Å². The lowest BCUT2D eigenvalue weighted by atomic mass is 9.49. The maximum atomic E-state index is 13.5. The van der Waals surface area contributed by atoms with Gasteiger partial charge in [0.25, 0.3) is 0 Å². The van der Waals surface area contributed by atoms with Gasteiger partial charge in [-0.3, -0.25) is 9.78 Å². The number of carbonyl (C=O) groups excluding carboxylic acids is 1. The number of halogens is 1. The number of nitrogens with zero attached hydrogens (tertiary/aromatic N) is 1. The monoisotopic (exact) mass is 504 g/mol. The van der Waals surface area contributed by atoms with Crippen LogP contribution in [0.15, 0.2) is 36.5 Å². The predicted octanol–water partition coefficient (Wildman–Crippen LogP) is 6.42. The summed E-state index contributed by atoms with van der Waals surface area (Å²) < 4.78 is 0. The largest absolute Gasteiger partial charge is 0.378 e. The first-order chi connectivity index (χ1) is 17.4. The van der Waals surface area contributed by atoms with Gasteiger partial charge in [-0.25, -0.2) is 0 Å². The molecular formula is C31H37ClN2O2. The van der Waals surface area contributed by atoms with Crippen LogP contribution in [0.25, 0.3) is 10.9 Å². The number of anilines is 1. The number of benzene rings is 1. The van der Waals surface area contributed by atoms with E-state index >= 15 is 0 Å². The first-order valence-corrected chi connectivity index (χ1v) is 14.2. The van der Waals surface area contributed by atoms with Crippen LogP contribution in [-0.2, 0) is 4.79 Å². The van der Waals surface area contributed by atoms with Crippen molar-refractivity contribution in [2.24, 2.45) is 40.9 Å². The Bertz CT molecular complexity index is 1220. The van der Waals surface area contributed by atoms with Crippen molar-refractivity contribution in [3.63, 3.8) is 0 Å². The highest BCUT2D eigenvalue weighted by Gasteiger charge is 2.58. The first kappa shape index (κ1) is 24.3. The van der Waals surface area contributed by atoms with Crippen molar-refractivity contribution in [3.8, 4) is 11.3 Å². The van der Waals surface area contributed by atoms with Gasteiger partial charge in [-0.05, 0) is 129 Å². The zero-order valence-electron chi connectivity index (χ0n) is 21.2. The molecule has 4 aliphatic rings. The highest BCUT2D eigenvalue weighted by molar-refractivity contribution is 6.30. The van der Waals surface area contributed by atoms with E-state index < -0.39 is 5.60 Å². The van der Waals surface area contributed by atoms with Gasteiger partial charge in [-0.2, -0.15) is 0 Å². The molecule has 4 fully saturated rings. The van der Waals surface area contributed by atoms with E-state index in [1.165, 1.54) is 25.7 Å². The van der Waals surface area contributed by atoms with Crippen molar-refractivity contribution in [1.82, 2.24) is 4.98 Å². The van der Waals surface area contributed by atoms with E-state index in [-0.39, 0.29) is 11.3 Å². The van der Waals surface area contributed by atoms with Gasteiger partial charge in [0.1, 0.15) is 5.60 Å². The highest BCUT2D eigenvalue weighted by atomic mass is 35.5. The van der Waals surface area contributed by atoms with Crippen LogP contribution in [0.2, 0.25) is 0 Å². The van der Waals surface area contributed by atoms with E-state index in [1.807, 2.05) is 24.4 Å². The molecule has 6 rings (SSSR count). The number of carbonyl (C=O) groups is 1. The Morgan fingerprint density at radius 1 is 1.11 bits per heavy atom. The van der Waals surface area contributed by atoms with Crippen molar-refractivity contribution in [2.45, 2.75) is 70.3 Å². The molecule has 0 spiro atoms. The average Bonchev–Trinajstić information content (AvgIpc) is 3.24. The molecule has 1 aromatic heterocycles. The molecule has 2 N–H and O–H groups in total. The van der Waals surface area contributed by atoms with Gasteiger partial charge in [0, 0.05) is 28.6 Å². The molecule has 4 nitrogen and oxygen atoms in total. The summed E-state index contributed by atoms with van der Waals surface area (Å²) in [6, 6.07) is 10.1. The van der Waals surface area contributed by atoms with Gasteiger partial charge in [0.15, 0.2) is 5.78 Å². The third-order valence-electron chi connectivity index (χ3n) is 10.7. The zero-order chi connectivity index (χ0) is 24.9. The molecule has 36 heavy (non-hydrogen) atoms. The van der Waals surface area contributed by atoms with Crippen LogP contribution < -0.4 is 5.32 Å². The number of aromatic nitrogens is 1. The molecule has 0 radical (unpaired) electrons. The lowest BCUT2D eigenvalue weighted by molar-refractivity contribution is -0.129. The molecule has 3 unspecified atom stereocenters. The summed E-state index contributed by atoms with van der Waals surface area (Å²) in [7, 11) is 0. The Kier molecular flexibility index (Phi) is 6.29. The second kappa shape index (κ2) is 9.34. The quantitative estimate of drug-likeness (QED) is 0.472. The Morgan fingerprint density at radius 2 is 1.97 bits per heavy atom. The van der Waals surface area contributed by atoms with Crippen molar-refractivity contribution < 1.29 is 9.90 Å². The minimum absolute atomic E-state index is 0.125. The summed E-state index contributed by atoms with van der Waals surface area (Å²) in [5, 5.41) is 17.8. The molecule has 0 saturated heterocycles. The average molecular weight is 505 g/mol. The summed E-state index contributed by atoms with van der Waals surface area (Å²) in [5.74, 6) is 6.81. The molecule has 1 aromatic carbocycles. The number of Topliss-reactive ketones (excluding diaryl/α,β-unsaturated/α-hetero) is 1. The van der Waals surface area contributed by atoms with Gasteiger partial charge >= 0.3 is 0 Å². The van der Waals surface area contributed by atoms with Crippen LogP contribution in [0.5, 0.6) is 0 Å². The molecule has 4 saturated carbocycles. The number of ketones is 1. The molecule has 0 bridgehead atoms. The number of aliphatic hydroxyl groups is 1. The fraction of sp³-hybridized carbons (Fsp3) is 0.613. The Balaban J connectivity index is 1.12. The standard InChI is InChI=1S/C31H37ClN2O2/c1-30-12-10-24-23-11-13-31(36,14-15-32)18-21(23)4-6-25(24)26(30)7-8-27(30)29(35)19-34-22-5-9-28-20(17-22)3-2-16-33-28/h2-3,5,9,16-17,21,23-27,34,36H,4,6-8,10-13,18-19H2,1H3/t21-,23+,24?,25?,26?,27-,30+,31+/m1/s1. The van der Waals surface area contributed by atoms with E-state index in [2.05, 4.69) is 40.7 Å². The van der Waals surface area contributed by atoms with E-state index in [0.29, 0.717) is 30.1 Å². The number of hydrogen-bond donors (Lipinski definition) is 2. The van der Waals surface area contributed by atoms with Gasteiger partial charge in [0.2, 0.25) is 0 Å². The molecule has 1 heterocycles. The summed E-state index contributed by atoms with van der Waals surface area (Å²) >= 11 is 5.65. The number of hydrogen-bond acceptors (Lipinski definition) is 4. The highest BCUT2D eigenvalue weighted by Crippen LogP contribution is 2.64. The van der Waals surface area contributed by atoms with Gasteiger partial charge in [0.05, 0.1) is 12.1 Å². The Morgan fingerprint density at radius 3 is 2.83 bits per heavy atom. The Hall–Kier alpha value is -2.09. The smallest absolute Gasteiger partial charge is 0.155 e. The fourth-order valence-electron chi connectivity index (χ4n) is 9.11. The lowest BCUT2D eigenvalue weighted by Gasteiger charge is -2.56. The minimum atomic E-state index is -0.891. The predicted molar refractivity (Wildman–Crippen MR) is 144 cm³/mol. The van der Waals surface area contributed by atoms with Crippen LogP contribution in [0.4, 0.5) is 5.69 Å². The van der Waals surface area contributed by atoms with Crippen molar-refractivity contribution in [2.75, 3.05) is 11.9 Å². The number of rotatable bonds is 4. The molecule has 0 amide bonds. The number of fused-ring (bicyclic) bond motifs is 6. The fourth-order valence-corrected chi connectivity index (χ4v) is 9.28. The summed E-state index contributed by atoms with van der Waals surface area (Å²) in [5.41, 5.74) is 1.20. The molecule has 2 aromatic rings. The van der Waals surface area contributed by atoms with Crippen LogP contribution >= 0.6 is 11.6 Å². The minimum Gasteiger partial charge on any atom is -0.378 e. The third-order valence-corrected chi connectivity index (χ3v) is 10.8. The number of pyridine rings is 1. The summed E-state index contributed by atoms with van der Waals surface area (Å²) in [6.07, 6.45) is 11.4. The lowest BCUT2D eigenvalue weighted by Crippen LogP contribution is -2.51. The van der Waals surface area contributed by atoms with Crippen LogP contribution in [0.1, 0.15) is 64.7 Å². The molecule has 4 aliphatic carbocycles. The van der Waals surface area contributed by atoms with E-state index in [1.54, 1.807) is 0 Å². The summed E-state index contributed by atoms with van der Waals surface area (Å²) in [4.78, 5) is 17.9. The van der Waals surface area contributed by atoms with Crippen molar-refractivity contribution >= 4 is 34.0 Å². The second-order valence-electron chi connectivity index (χ2n) is 12.3. The second-order valence-corrected chi connectivity index (χ2v) is 12.5. The Labute approximate surface area is 219 Å². The SMILES string of the molecule is C[C@]12CCC3C(CC[C@@H]4C[C@@](O)(C#CCl)CC[C@H]34)C1CC[C@@H]2C(=O)CNc1ccc2ncccc2c1. The first-order valence-electron chi connectivity index (χ1n) is 13.9. The van der Waals surface area contributed by atoms with Gasteiger partial charge in [-0.15, -0.1) is 0 Å². The topological polar surface area (TPSA) is 62.2 Å². The molecule has 8 atom stereocenters. The number of nitrogens with one attached hydrogen (secondary N) is 1. The third kappa shape index (κ3) is 4.13. The van der Waals surface area contributed by atoms with E-state index in [0.717, 1.165) is 60.5 Å².